The third-order valence-electron chi connectivity index (χ3n) is 3.91. The largest absolute Gasteiger partial charge is 0.356 e. The Morgan fingerprint density at radius 1 is 1.29 bits per heavy atom. The molecule has 0 radical (unpaired) electrons. The van der Waals surface area contributed by atoms with Crippen LogP contribution in [0.4, 0.5) is 5.95 Å². The normalized spacial score (nSPS) is 20.8. The van der Waals surface area contributed by atoms with Crippen LogP contribution in [0, 0.1) is 6.92 Å². The van der Waals surface area contributed by atoms with Crippen molar-refractivity contribution in [2.75, 3.05) is 19.0 Å². The van der Waals surface area contributed by atoms with Gasteiger partial charge in [-0.3, -0.25) is 14.9 Å². The Bertz CT molecular complexity index is 751. The highest BCUT2D eigenvalue weighted by Gasteiger charge is 2.40. The Morgan fingerprint density at radius 3 is 2.75 bits per heavy atom. The van der Waals surface area contributed by atoms with Crippen LogP contribution in [-0.2, 0) is 14.3 Å². The van der Waals surface area contributed by atoms with Crippen LogP contribution in [0.3, 0.4) is 0 Å². The minimum atomic E-state index is -0.834. The number of aryl methyl sites for hydroxylation is 1. The number of hydrogen-bond acceptors (Lipinski definition) is 5. The number of likely N-dealkylation sites (N-methyl/N-ethyl adjacent to an activating group) is 1. The van der Waals surface area contributed by atoms with Crippen LogP contribution in [0.15, 0.2) is 42.6 Å². The van der Waals surface area contributed by atoms with Crippen molar-refractivity contribution in [3.63, 3.8) is 0 Å². The van der Waals surface area contributed by atoms with E-state index in [2.05, 4.69) is 15.3 Å². The molecule has 0 aliphatic carbocycles. The van der Waals surface area contributed by atoms with Gasteiger partial charge in [0.1, 0.15) is 6.61 Å². The van der Waals surface area contributed by atoms with E-state index in [0.717, 1.165) is 11.3 Å². The van der Waals surface area contributed by atoms with Crippen LogP contribution in [0.25, 0.3) is 0 Å². The molecule has 7 nitrogen and oxygen atoms in total. The number of carbonyl (C=O) groups is 2. The topological polar surface area (TPSA) is 84.4 Å². The van der Waals surface area contributed by atoms with Gasteiger partial charge in [-0.25, -0.2) is 9.97 Å². The smallest absolute Gasteiger partial charge is 0.258 e. The second kappa shape index (κ2) is 6.76. The Balaban J connectivity index is 1.86. The van der Waals surface area contributed by atoms with Gasteiger partial charge in [-0.1, -0.05) is 30.3 Å². The third-order valence-corrected chi connectivity index (χ3v) is 3.91. The molecule has 24 heavy (non-hydrogen) atoms. The fraction of sp³-hybridized carbons (Fsp3) is 0.294. The highest BCUT2D eigenvalue weighted by Crippen LogP contribution is 2.29. The lowest BCUT2D eigenvalue weighted by atomic mass is 9.98. The summed E-state index contributed by atoms with van der Waals surface area (Å²) in [5, 5.41) is 2.66. The van der Waals surface area contributed by atoms with E-state index in [1.807, 2.05) is 37.3 Å². The molecule has 2 atom stereocenters. The molecule has 124 valence electrons. The Kier molecular flexibility index (Phi) is 4.52. The summed E-state index contributed by atoms with van der Waals surface area (Å²) in [6.45, 7) is 1.68. The first-order chi connectivity index (χ1) is 11.6. The molecule has 2 amide bonds. The van der Waals surface area contributed by atoms with Crippen LogP contribution in [0.1, 0.15) is 17.3 Å². The number of morpholine rings is 1. The van der Waals surface area contributed by atoms with E-state index in [1.165, 1.54) is 0 Å². The molecule has 7 heteroatoms. The first-order valence-corrected chi connectivity index (χ1v) is 7.59. The summed E-state index contributed by atoms with van der Waals surface area (Å²) in [7, 11) is 1.67. The van der Waals surface area contributed by atoms with Crippen molar-refractivity contribution in [2.45, 2.75) is 19.1 Å². The van der Waals surface area contributed by atoms with Crippen LogP contribution in [-0.4, -0.2) is 46.4 Å². The highest BCUT2D eigenvalue weighted by molar-refractivity contribution is 5.94. The molecule has 0 saturated carbocycles. The summed E-state index contributed by atoms with van der Waals surface area (Å²) in [5.74, 6) is -0.330. The van der Waals surface area contributed by atoms with Crippen molar-refractivity contribution >= 4 is 17.8 Å². The number of benzene rings is 1. The van der Waals surface area contributed by atoms with Crippen molar-refractivity contribution in [3.8, 4) is 0 Å². The summed E-state index contributed by atoms with van der Waals surface area (Å²) >= 11 is 0. The summed E-state index contributed by atoms with van der Waals surface area (Å²) in [6.07, 6.45) is 0.739. The van der Waals surface area contributed by atoms with Crippen LogP contribution in [0.2, 0.25) is 0 Å². The molecule has 1 aromatic carbocycles. The molecule has 0 bridgehead atoms. The van der Waals surface area contributed by atoms with Gasteiger partial charge in [0.25, 0.3) is 5.91 Å². The maximum atomic E-state index is 12.7. The minimum Gasteiger partial charge on any atom is -0.356 e. The maximum absolute atomic E-state index is 12.7. The number of anilines is 1. The number of aromatic nitrogens is 2. The quantitative estimate of drug-likeness (QED) is 0.919. The molecule has 2 aromatic rings. The molecule has 1 aliphatic heterocycles. The van der Waals surface area contributed by atoms with Crippen molar-refractivity contribution in [1.82, 2.24) is 14.9 Å². The maximum Gasteiger partial charge on any atom is 0.258 e. The van der Waals surface area contributed by atoms with Crippen LogP contribution in [0.5, 0.6) is 0 Å². The van der Waals surface area contributed by atoms with Gasteiger partial charge >= 0.3 is 0 Å². The average Bonchev–Trinajstić information content (AvgIpc) is 2.58. The fourth-order valence-electron chi connectivity index (χ4n) is 2.67. The van der Waals surface area contributed by atoms with Crippen LogP contribution < -0.4 is 5.32 Å². The van der Waals surface area contributed by atoms with Gasteiger partial charge in [-0.15, -0.1) is 0 Å². The number of hydrogen-bond donors (Lipinski definition) is 1. The highest BCUT2D eigenvalue weighted by atomic mass is 16.5. The molecule has 0 spiro atoms. The Morgan fingerprint density at radius 2 is 2.04 bits per heavy atom. The number of ether oxygens (including phenoxy) is 1. The lowest BCUT2D eigenvalue weighted by molar-refractivity contribution is -0.160. The van der Waals surface area contributed by atoms with Crippen molar-refractivity contribution in [2.24, 2.45) is 0 Å². The van der Waals surface area contributed by atoms with Crippen molar-refractivity contribution in [3.05, 3.63) is 53.9 Å². The SMILES string of the molecule is Cc1ccnc(NC(=O)[C@@H]2OCC(=O)N(C)[C@H]2c2ccccc2)n1. The van der Waals surface area contributed by atoms with Crippen molar-refractivity contribution in [1.29, 1.82) is 0 Å². The zero-order chi connectivity index (χ0) is 17.1. The van der Waals surface area contributed by atoms with Gasteiger partial charge in [-0.2, -0.15) is 0 Å². The fourth-order valence-corrected chi connectivity index (χ4v) is 2.67. The first-order valence-electron chi connectivity index (χ1n) is 7.59. The molecule has 2 heterocycles. The average molecular weight is 326 g/mol. The molecular formula is C17H18N4O3. The molecule has 1 aromatic heterocycles. The van der Waals surface area contributed by atoms with E-state index in [1.54, 1.807) is 24.2 Å². The molecule has 1 fully saturated rings. The summed E-state index contributed by atoms with van der Waals surface area (Å²) in [4.78, 5) is 34.4. The zero-order valence-electron chi connectivity index (χ0n) is 13.5. The number of nitrogens with one attached hydrogen (secondary N) is 1. The second-order valence-corrected chi connectivity index (χ2v) is 5.60. The summed E-state index contributed by atoms with van der Waals surface area (Å²) in [5.41, 5.74) is 1.58. The monoisotopic (exact) mass is 326 g/mol. The zero-order valence-corrected chi connectivity index (χ0v) is 13.5. The number of nitrogens with zero attached hydrogens (tertiary/aromatic N) is 3. The Labute approximate surface area is 139 Å². The molecule has 1 aliphatic rings. The third kappa shape index (κ3) is 3.26. The van der Waals surface area contributed by atoms with E-state index in [4.69, 9.17) is 4.74 Å². The Hall–Kier alpha value is -2.80. The lowest BCUT2D eigenvalue weighted by Gasteiger charge is -2.38. The van der Waals surface area contributed by atoms with Gasteiger partial charge in [-0.05, 0) is 18.6 Å². The second-order valence-electron chi connectivity index (χ2n) is 5.60. The van der Waals surface area contributed by atoms with E-state index >= 15 is 0 Å². The minimum absolute atomic E-state index is 0.132. The van der Waals surface area contributed by atoms with Crippen molar-refractivity contribution < 1.29 is 14.3 Å². The first kappa shape index (κ1) is 16.1. The number of amides is 2. The molecule has 0 unspecified atom stereocenters. The van der Waals surface area contributed by atoms with E-state index in [9.17, 15) is 9.59 Å². The van der Waals surface area contributed by atoms with Crippen LogP contribution >= 0.6 is 0 Å². The van der Waals surface area contributed by atoms with Gasteiger partial charge in [0.15, 0.2) is 6.10 Å². The predicted octanol–water partition coefficient (Wildman–Crippen LogP) is 1.32. The number of rotatable bonds is 3. The van der Waals surface area contributed by atoms with E-state index < -0.39 is 12.1 Å². The van der Waals surface area contributed by atoms with E-state index in [-0.39, 0.29) is 24.4 Å². The lowest BCUT2D eigenvalue weighted by Crippen LogP contribution is -2.51. The standard InChI is InChI=1S/C17H18N4O3/c1-11-8-9-18-17(19-11)20-16(23)15-14(12-6-4-3-5-7-12)21(2)13(22)10-24-15/h3-9,14-15H,10H2,1-2H3,(H,18,19,20,23)/t14-,15+/m0/s1. The van der Waals surface area contributed by atoms with Gasteiger partial charge in [0.2, 0.25) is 11.9 Å². The van der Waals surface area contributed by atoms with Gasteiger partial charge < -0.3 is 9.64 Å². The number of carbonyl (C=O) groups excluding carboxylic acids is 2. The molecule has 1 saturated heterocycles. The molecule has 1 N–H and O–H groups in total. The predicted molar refractivity (Wildman–Crippen MR) is 87.1 cm³/mol. The molecular weight excluding hydrogens is 308 g/mol. The molecule has 3 rings (SSSR count). The van der Waals surface area contributed by atoms with Gasteiger partial charge in [0, 0.05) is 18.9 Å². The van der Waals surface area contributed by atoms with Gasteiger partial charge in [0.05, 0.1) is 6.04 Å². The summed E-state index contributed by atoms with van der Waals surface area (Å²) in [6, 6.07) is 10.6. The summed E-state index contributed by atoms with van der Waals surface area (Å²) < 4.78 is 5.53. The van der Waals surface area contributed by atoms with E-state index in [0.29, 0.717) is 0 Å².